The summed E-state index contributed by atoms with van der Waals surface area (Å²) in [5.41, 5.74) is 4.25. The molecule has 0 atom stereocenters. The average molecular weight is 454 g/mol. The summed E-state index contributed by atoms with van der Waals surface area (Å²) in [5.74, 6) is 0.722. The zero-order chi connectivity index (χ0) is 23.9. The van der Waals surface area contributed by atoms with Crippen molar-refractivity contribution in [2.75, 3.05) is 0 Å². The van der Waals surface area contributed by atoms with Crippen LogP contribution >= 0.6 is 0 Å². The Morgan fingerprint density at radius 3 is 2.47 bits per heavy atom. The van der Waals surface area contributed by atoms with E-state index in [1.165, 1.54) is 12.1 Å². The lowest BCUT2D eigenvalue weighted by Crippen LogP contribution is -2.30. The molecular weight excluding hydrogens is 429 g/mol. The average Bonchev–Trinajstić information content (AvgIpc) is 3.32. The van der Waals surface area contributed by atoms with Crippen molar-refractivity contribution < 1.29 is 13.6 Å². The molecule has 34 heavy (non-hydrogen) atoms. The van der Waals surface area contributed by atoms with Crippen LogP contribution in [0.25, 0.3) is 11.3 Å². The lowest BCUT2D eigenvalue weighted by Gasteiger charge is -2.23. The molecular formula is C28H24FN3O2. The SMILES string of the molecule is Cc1ccc(-c2cnc(CCC(=O)N(Cc3ccc(C#N)cc3)Cc3cccc(F)c3)o2)cc1. The first kappa shape index (κ1) is 22.9. The van der Waals surface area contributed by atoms with Crippen molar-refractivity contribution in [3.05, 3.63) is 113 Å². The molecule has 5 nitrogen and oxygen atoms in total. The minimum Gasteiger partial charge on any atom is -0.441 e. The number of nitriles is 1. The third kappa shape index (κ3) is 5.96. The fourth-order valence-corrected chi connectivity index (χ4v) is 3.64. The normalized spacial score (nSPS) is 10.6. The van der Waals surface area contributed by atoms with Gasteiger partial charge in [-0.3, -0.25) is 4.79 Å². The van der Waals surface area contributed by atoms with E-state index in [1.807, 2.05) is 43.3 Å². The van der Waals surface area contributed by atoms with Gasteiger partial charge in [0.05, 0.1) is 17.8 Å². The van der Waals surface area contributed by atoms with Gasteiger partial charge in [0.2, 0.25) is 5.91 Å². The first-order chi connectivity index (χ1) is 16.5. The Hall–Kier alpha value is -4.24. The number of hydrogen-bond acceptors (Lipinski definition) is 4. The molecule has 0 radical (unpaired) electrons. The van der Waals surface area contributed by atoms with Crippen LogP contribution in [0.15, 0.2) is 83.4 Å². The lowest BCUT2D eigenvalue weighted by molar-refractivity contribution is -0.132. The zero-order valence-corrected chi connectivity index (χ0v) is 18.9. The Labute approximate surface area is 198 Å². The number of hydrogen-bond donors (Lipinski definition) is 0. The summed E-state index contributed by atoms with van der Waals surface area (Å²) < 4.78 is 19.6. The van der Waals surface area contributed by atoms with Gasteiger partial charge >= 0.3 is 0 Å². The fourth-order valence-electron chi connectivity index (χ4n) is 3.64. The predicted octanol–water partition coefficient (Wildman–Crippen LogP) is 5.82. The Kier molecular flexibility index (Phi) is 7.14. The third-order valence-electron chi connectivity index (χ3n) is 5.51. The molecule has 4 rings (SSSR count). The summed E-state index contributed by atoms with van der Waals surface area (Å²) in [6.07, 6.45) is 2.24. The van der Waals surface area contributed by atoms with Gasteiger partial charge in [-0.05, 0) is 42.3 Å². The number of carbonyl (C=O) groups excluding carboxylic acids is 1. The highest BCUT2D eigenvalue weighted by Crippen LogP contribution is 2.22. The molecule has 0 fully saturated rings. The Morgan fingerprint density at radius 1 is 1.03 bits per heavy atom. The van der Waals surface area contributed by atoms with Crippen LogP contribution in [-0.2, 0) is 24.3 Å². The summed E-state index contributed by atoms with van der Waals surface area (Å²) >= 11 is 0. The summed E-state index contributed by atoms with van der Waals surface area (Å²) in [6, 6.07) is 23.4. The summed E-state index contributed by atoms with van der Waals surface area (Å²) in [4.78, 5) is 19.2. The number of amides is 1. The summed E-state index contributed by atoms with van der Waals surface area (Å²) in [5, 5.41) is 9.02. The highest BCUT2D eigenvalue weighted by atomic mass is 19.1. The van der Waals surface area contributed by atoms with Gasteiger partial charge in [0, 0.05) is 31.5 Å². The van der Waals surface area contributed by atoms with E-state index in [2.05, 4.69) is 11.1 Å². The molecule has 0 saturated heterocycles. The number of oxazole rings is 1. The molecule has 6 heteroatoms. The molecule has 0 bridgehead atoms. The van der Waals surface area contributed by atoms with Crippen molar-refractivity contribution in [2.24, 2.45) is 0 Å². The van der Waals surface area contributed by atoms with Gasteiger partial charge in [0.25, 0.3) is 0 Å². The molecule has 0 spiro atoms. The molecule has 0 aliphatic rings. The maximum atomic E-state index is 13.7. The van der Waals surface area contributed by atoms with E-state index in [0.717, 1.165) is 16.7 Å². The van der Waals surface area contributed by atoms with Gasteiger partial charge in [-0.15, -0.1) is 0 Å². The van der Waals surface area contributed by atoms with Crippen LogP contribution in [-0.4, -0.2) is 15.8 Å². The van der Waals surface area contributed by atoms with Gasteiger partial charge in [-0.2, -0.15) is 5.26 Å². The van der Waals surface area contributed by atoms with Crippen molar-refractivity contribution in [3.63, 3.8) is 0 Å². The number of benzene rings is 3. The number of nitrogens with zero attached hydrogens (tertiary/aromatic N) is 3. The molecule has 0 saturated carbocycles. The van der Waals surface area contributed by atoms with Crippen LogP contribution < -0.4 is 0 Å². The molecule has 4 aromatic rings. The van der Waals surface area contributed by atoms with Crippen LogP contribution in [0.5, 0.6) is 0 Å². The van der Waals surface area contributed by atoms with Crippen LogP contribution in [0.3, 0.4) is 0 Å². The number of carbonyl (C=O) groups is 1. The molecule has 170 valence electrons. The van der Waals surface area contributed by atoms with E-state index >= 15 is 0 Å². The smallest absolute Gasteiger partial charge is 0.223 e. The van der Waals surface area contributed by atoms with E-state index in [9.17, 15) is 9.18 Å². The molecule has 0 unspecified atom stereocenters. The van der Waals surface area contributed by atoms with E-state index < -0.39 is 0 Å². The predicted molar refractivity (Wildman–Crippen MR) is 127 cm³/mol. The van der Waals surface area contributed by atoms with E-state index in [4.69, 9.17) is 9.68 Å². The van der Waals surface area contributed by atoms with Gasteiger partial charge in [-0.1, -0.05) is 54.1 Å². The number of halogens is 1. The summed E-state index contributed by atoms with van der Waals surface area (Å²) in [6.45, 7) is 2.65. The number of rotatable bonds is 8. The van der Waals surface area contributed by atoms with Gasteiger partial charge in [0.1, 0.15) is 5.82 Å². The van der Waals surface area contributed by atoms with Gasteiger partial charge in [-0.25, -0.2) is 9.37 Å². The van der Waals surface area contributed by atoms with Gasteiger partial charge < -0.3 is 9.32 Å². The fraction of sp³-hybridized carbons (Fsp3) is 0.179. The second-order valence-electron chi connectivity index (χ2n) is 8.17. The van der Waals surface area contributed by atoms with Crippen LogP contribution in [0.4, 0.5) is 4.39 Å². The minimum atomic E-state index is -0.341. The van der Waals surface area contributed by atoms with Gasteiger partial charge in [0.15, 0.2) is 11.7 Å². The zero-order valence-electron chi connectivity index (χ0n) is 18.9. The van der Waals surface area contributed by atoms with Crippen LogP contribution in [0.1, 0.15) is 34.6 Å². The second kappa shape index (κ2) is 10.6. The second-order valence-corrected chi connectivity index (χ2v) is 8.17. The van der Waals surface area contributed by atoms with Crippen molar-refractivity contribution >= 4 is 5.91 Å². The third-order valence-corrected chi connectivity index (χ3v) is 5.51. The van der Waals surface area contributed by atoms with E-state index in [-0.39, 0.29) is 24.7 Å². The van der Waals surface area contributed by atoms with Crippen LogP contribution in [0, 0.1) is 24.1 Å². The van der Waals surface area contributed by atoms with Crippen molar-refractivity contribution in [1.29, 1.82) is 5.26 Å². The quantitative estimate of drug-likeness (QED) is 0.337. The Morgan fingerprint density at radius 2 is 1.76 bits per heavy atom. The molecule has 1 aromatic heterocycles. The maximum absolute atomic E-state index is 13.7. The minimum absolute atomic E-state index is 0.0938. The summed E-state index contributed by atoms with van der Waals surface area (Å²) in [7, 11) is 0. The number of aromatic nitrogens is 1. The molecule has 0 aliphatic heterocycles. The molecule has 1 heterocycles. The monoisotopic (exact) mass is 453 g/mol. The highest BCUT2D eigenvalue weighted by molar-refractivity contribution is 5.76. The molecule has 0 aliphatic carbocycles. The van der Waals surface area contributed by atoms with Crippen LogP contribution in [0.2, 0.25) is 0 Å². The standard InChI is InChI=1S/C28H24FN3O2/c1-20-5-11-24(12-6-20)26-17-31-27(34-26)13-14-28(33)32(19-23-3-2-4-25(29)15-23)18-22-9-7-21(16-30)8-10-22/h2-12,15,17H,13-14,18-19H2,1H3. The maximum Gasteiger partial charge on any atom is 0.223 e. The number of aryl methyl sites for hydroxylation is 2. The van der Waals surface area contributed by atoms with Crippen molar-refractivity contribution in [2.45, 2.75) is 32.9 Å². The van der Waals surface area contributed by atoms with Crippen molar-refractivity contribution in [3.8, 4) is 17.4 Å². The molecule has 0 N–H and O–H groups in total. The first-order valence-electron chi connectivity index (χ1n) is 11.0. The molecule has 1 amide bonds. The van der Waals surface area contributed by atoms with E-state index in [0.29, 0.717) is 35.7 Å². The highest BCUT2D eigenvalue weighted by Gasteiger charge is 2.17. The first-order valence-corrected chi connectivity index (χ1v) is 11.0. The van der Waals surface area contributed by atoms with E-state index in [1.54, 1.807) is 35.4 Å². The largest absolute Gasteiger partial charge is 0.441 e. The molecule has 3 aromatic carbocycles. The topological polar surface area (TPSA) is 70.1 Å². The Bertz CT molecular complexity index is 1300. The lowest BCUT2D eigenvalue weighted by atomic mass is 10.1. The van der Waals surface area contributed by atoms with Crippen molar-refractivity contribution in [1.82, 2.24) is 9.88 Å². The Balaban J connectivity index is 1.46.